The molecule has 33 heavy (non-hydrogen) atoms. The van der Waals surface area contributed by atoms with E-state index in [9.17, 15) is 35.9 Å². The highest BCUT2D eigenvalue weighted by Crippen LogP contribution is 2.27. The predicted molar refractivity (Wildman–Crippen MR) is 107 cm³/mol. The summed E-state index contributed by atoms with van der Waals surface area (Å²) in [6.45, 7) is 2.11. The molecule has 0 bridgehead atoms. The fraction of sp³-hybridized carbons (Fsp3) is 0.263. The zero-order valence-electron chi connectivity index (χ0n) is 16.7. The molecule has 1 aliphatic heterocycles. The van der Waals surface area contributed by atoms with Crippen LogP contribution in [0.1, 0.15) is 10.4 Å². The molecule has 3 N–H and O–H groups in total. The summed E-state index contributed by atoms with van der Waals surface area (Å²) in [5, 5.41) is 16.6. The summed E-state index contributed by atoms with van der Waals surface area (Å²) in [5.74, 6) is -4.46. The van der Waals surface area contributed by atoms with Gasteiger partial charge in [-0.2, -0.15) is 13.2 Å². The molecule has 2 aromatic carbocycles. The van der Waals surface area contributed by atoms with E-state index in [2.05, 4.69) is 4.72 Å². The summed E-state index contributed by atoms with van der Waals surface area (Å²) in [5.41, 5.74) is 0.612. The van der Waals surface area contributed by atoms with Gasteiger partial charge in [0.25, 0.3) is 10.0 Å². The molecule has 0 aromatic heterocycles. The average molecular weight is 494 g/mol. The van der Waals surface area contributed by atoms with Crippen LogP contribution in [-0.2, 0) is 19.6 Å². The Balaban J connectivity index is 0.000000479. The molecule has 2 aromatic rings. The number of rotatable bonds is 5. The van der Waals surface area contributed by atoms with Crippen LogP contribution in [0.5, 0.6) is 0 Å². The Bertz CT molecular complexity index is 1100. The van der Waals surface area contributed by atoms with Gasteiger partial charge in [-0.15, -0.1) is 0 Å². The number of aromatic carboxylic acids is 1. The monoisotopic (exact) mass is 494 g/mol. The maximum Gasteiger partial charge on any atom is 0.490 e. The third-order valence-electron chi connectivity index (χ3n) is 4.20. The van der Waals surface area contributed by atoms with Gasteiger partial charge in [-0.3, -0.25) is 4.72 Å². The van der Waals surface area contributed by atoms with E-state index in [0.29, 0.717) is 32.0 Å². The topological polar surface area (TPSA) is 133 Å². The van der Waals surface area contributed by atoms with Crippen molar-refractivity contribution in [1.82, 2.24) is 0 Å². The van der Waals surface area contributed by atoms with Crippen molar-refractivity contribution in [3.63, 3.8) is 0 Å². The van der Waals surface area contributed by atoms with E-state index in [-0.39, 0.29) is 16.1 Å². The quantitative estimate of drug-likeness (QED) is 0.541. The number of carboxylic acids is 2. The number of benzene rings is 2. The molecule has 0 spiro atoms. The third kappa shape index (κ3) is 7.32. The molecule has 180 valence electrons. The Morgan fingerprint density at radius 3 is 2.03 bits per heavy atom. The number of carbonyl (C=O) groups is 2. The minimum Gasteiger partial charge on any atom is -0.478 e. The van der Waals surface area contributed by atoms with Gasteiger partial charge >= 0.3 is 18.1 Å². The van der Waals surface area contributed by atoms with Crippen LogP contribution in [0.25, 0.3) is 0 Å². The van der Waals surface area contributed by atoms with E-state index in [1.54, 1.807) is 6.07 Å². The van der Waals surface area contributed by atoms with Crippen molar-refractivity contribution in [2.24, 2.45) is 0 Å². The van der Waals surface area contributed by atoms with Crippen molar-refractivity contribution < 1.29 is 50.5 Å². The molecule has 0 aliphatic carbocycles. The highest BCUT2D eigenvalue weighted by atomic mass is 32.2. The number of sulfonamides is 1. The second kappa shape index (κ2) is 10.5. The lowest BCUT2D eigenvalue weighted by atomic mass is 10.1. The van der Waals surface area contributed by atoms with Gasteiger partial charge in [-0.1, -0.05) is 0 Å². The fourth-order valence-electron chi connectivity index (χ4n) is 2.68. The zero-order valence-corrected chi connectivity index (χ0v) is 17.5. The Hall–Kier alpha value is -3.39. The van der Waals surface area contributed by atoms with Gasteiger partial charge < -0.3 is 19.8 Å². The molecule has 14 heteroatoms. The number of ether oxygens (including phenoxy) is 1. The molecular formula is C19H18F4N2O7S. The van der Waals surface area contributed by atoms with Crippen molar-refractivity contribution in [3.8, 4) is 0 Å². The summed E-state index contributed by atoms with van der Waals surface area (Å²) < 4.78 is 77.0. The number of hydrogen-bond acceptors (Lipinski definition) is 6. The summed E-state index contributed by atoms with van der Waals surface area (Å²) >= 11 is 0. The minimum absolute atomic E-state index is 0.00814. The van der Waals surface area contributed by atoms with Crippen LogP contribution in [-0.4, -0.2) is 63.0 Å². The van der Waals surface area contributed by atoms with Crippen molar-refractivity contribution in [2.45, 2.75) is 11.1 Å². The molecule has 0 unspecified atom stereocenters. The van der Waals surface area contributed by atoms with Crippen LogP contribution in [0.15, 0.2) is 47.4 Å². The molecule has 0 amide bonds. The first-order chi connectivity index (χ1) is 15.3. The second-order valence-electron chi connectivity index (χ2n) is 6.50. The minimum atomic E-state index is -5.08. The molecule has 1 aliphatic rings. The number of halogens is 4. The maximum absolute atomic E-state index is 13.0. The number of morpholine rings is 1. The van der Waals surface area contributed by atoms with Gasteiger partial charge in [0, 0.05) is 18.8 Å². The average Bonchev–Trinajstić information content (AvgIpc) is 2.74. The zero-order chi connectivity index (χ0) is 24.8. The molecule has 0 atom stereocenters. The van der Waals surface area contributed by atoms with Crippen LogP contribution >= 0.6 is 0 Å². The van der Waals surface area contributed by atoms with Crippen molar-refractivity contribution in [2.75, 3.05) is 35.9 Å². The van der Waals surface area contributed by atoms with Gasteiger partial charge in [0.05, 0.1) is 29.4 Å². The van der Waals surface area contributed by atoms with E-state index >= 15 is 0 Å². The van der Waals surface area contributed by atoms with Crippen molar-refractivity contribution in [1.29, 1.82) is 0 Å². The largest absolute Gasteiger partial charge is 0.490 e. The summed E-state index contributed by atoms with van der Waals surface area (Å²) in [6.07, 6.45) is -5.08. The number of anilines is 2. The van der Waals surface area contributed by atoms with E-state index in [0.717, 1.165) is 24.3 Å². The lowest BCUT2D eigenvalue weighted by molar-refractivity contribution is -0.192. The molecular weight excluding hydrogens is 476 g/mol. The van der Waals surface area contributed by atoms with Crippen LogP contribution in [0.2, 0.25) is 0 Å². The van der Waals surface area contributed by atoms with E-state index in [4.69, 9.17) is 14.6 Å². The van der Waals surface area contributed by atoms with Gasteiger partial charge in [0.2, 0.25) is 0 Å². The first-order valence-corrected chi connectivity index (χ1v) is 10.6. The maximum atomic E-state index is 13.0. The Morgan fingerprint density at radius 1 is 1.00 bits per heavy atom. The van der Waals surface area contributed by atoms with Crippen LogP contribution in [0.4, 0.5) is 28.9 Å². The smallest absolute Gasteiger partial charge is 0.478 e. The Kier molecular flexibility index (Phi) is 8.22. The molecule has 1 heterocycles. The van der Waals surface area contributed by atoms with Gasteiger partial charge in [0.1, 0.15) is 5.82 Å². The number of carboxylic acid groups (broad SMARTS) is 2. The lowest BCUT2D eigenvalue weighted by Gasteiger charge is -2.30. The normalized spacial score (nSPS) is 14.1. The standard InChI is InChI=1S/C17H17FN2O5S.C2HF3O2/c18-12-1-4-14(5-2-12)26(23,24)19-13-3-6-16(15(11-13)17(21)22)20-7-9-25-10-8-20;3-2(4,5)1(6)7/h1-6,11,19H,7-10H2,(H,21,22);(H,6,7). The number of nitrogens with one attached hydrogen (secondary N) is 1. The second-order valence-corrected chi connectivity index (χ2v) is 8.18. The van der Waals surface area contributed by atoms with Gasteiger partial charge in [0.15, 0.2) is 0 Å². The van der Waals surface area contributed by atoms with Crippen molar-refractivity contribution in [3.05, 3.63) is 53.8 Å². The van der Waals surface area contributed by atoms with Crippen LogP contribution in [0.3, 0.4) is 0 Å². The van der Waals surface area contributed by atoms with Gasteiger partial charge in [-0.05, 0) is 42.5 Å². The molecule has 1 fully saturated rings. The van der Waals surface area contributed by atoms with Crippen molar-refractivity contribution >= 4 is 33.3 Å². The number of nitrogens with zero attached hydrogens (tertiary/aromatic N) is 1. The molecule has 3 rings (SSSR count). The first kappa shape index (κ1) is 25.9. The molecule has 9 nitrogen and oxygen atoms in total. The summed E-state index contributed by atoms with van der Waals surface area (Å²) in [4.78, 5) is 22.3. The first-order valence-electron chi connectivity index (χ1n) is 9.10. The summed E-state index contributed by atoms with van der Waals surface area (Å²) in [6, 6.07) is 8.69. The molecule has 0 saturated carbocycles. The van der Waals surface area contributed by atoms with Crippen LogP contribution < -0.4 is 9.62 Å². The Morgan fingerprint density at radius 2 is 1.55 bits per heavy atom. The van der Waals surface area contributed by atoms with E-state index in [1.807, 2.05) is 4.90 Å². The number of hydrogen-bond donors (Lipinski definition) is 3. The Labute approximate surface area is 185 Å². The van der Waals surface area contributed by atoms with Gasteiger partial charge in [-0.25, -0.2) is 22.4 Å². The number of aliphatic carboxylic acids is 1. The molecule has 1 saturated heterocycles. The number of alkyl halides is 3. The highest BCUT2D eigenvalue weighted by molar-refractivity contribution is 7.92. The summed E-state index contributed by atoms with van der Waals surface area (Å²) in [7, 11) is -3.95. The third-order valence-corrected chi connectivity index (χ3v) is 5.59. The van der Waals surface area contributed by atoms with E-state index < -0.39 is 34.0 Å². The SMILES string of the molecule is O=C(O)C(F)(F)F.O=C(O)c1cc(NS(=O)(=O)c2ccc(F)cc2)ccc1N1CCOCC1. The van der Waals surface area contributed by atoms with Crippen LogP contribution in [0, 0.1) is 5.82 Å². The predicted octanol–water partition coefficient (Wildman–Crippen LogP) is 2.79. The highest BCUT2D eigenvalue weighted by Gasteiger charge is 2.38. The van der Waals surface area contributed by atoms with E-state index in [1.165, 1.54) is 12.1 Å². The lowest BCUT2D eigenvalue weighted by Crippen LogP contribution is -2.37. The molecule has 0 radical (unpaired) electrons. The fourth-order valence-corrected chi connectivity index (χ4v) is 3.73.